The van der Waals surface area contributed by atoms with Gasteiger partial charge in [-0.05, 0) is 24.6 Å². The van der Waals surface area contributed by atoms with Crippen LogP contribution in [0.25, 0.3) is 0 Å². The zero-order valence-corrected chi connectivity index (χ0v) is 8.88. The predicted molar refractivity (Wildman–Crippen MR) is 58.4 cm³/mol. The molecule has 0 spiro atoms. The second kappa shape index (κ2) is 4.40. The standard InChI is InChI=1S/C11H12FN3O/c1-7(8-4-13-5-8)11(16)15-9-2-3-10(12)14-6-9/h2-3,6,13H,4-5H2,1H3,(H,15,16). The zero-order chi connectivity index (χ0) is 11.5. The number of carbonyl (C=O) groups is 1. The first-order valence-corrected chi connectivity index (χ1v) is 4.99. The number of halogens is 1. The van der Waals surface area contributed by atoms with Crippen LogP contribution in [-0.4, -0.2) is 24.0 Å². The summed E-state index contributed by atoms with van der Waals surface area (Å²) in [6.45, 7) is 3.31. The molecule has 0 radical (unpaired) electrons. The summed E-state index contributed by atoms with van der Waals surface area (Å²) in [5.74, 6) is -0.721. The van der Waals surface area contributed by atoms with Crippen LogP contribution in [0.15, 0.2) is 29.5 Å². The van der Waals surface area contributed by atoms with Crippen molar-refractivity contribution >= 4 is 11.6 Å². The molecule has 1 aromatic rings. The normalized spacial score (nSPS) is 14.2. The zero-order valence-electron chi connectivity index (χ0n) is 8.88. The van der Waals surface area contributed by atoms with E-state index >= 15 is 0 Å². The molecule has 1 aliphatic heterocycles. The van der Waals surface area contributed by atoms with Gasteiger partial charge in [0.05, 0.1) is 11.9 Å². The van der Waals surface area contributed by atoms with Crippen molar-refractivity contribution in [3.05, 3.63) is 35.4 Å². The number of hydrogen-bond donors (Lipinski definition) is 2. The first-order valence-electron chi connectivity index (χ1n) is 4.99. The number of carbonyl (C=O) groups excluding carboxylic acids is 1. The topological polar surface area (TPSA) is 54.0 Å². The third-order valence-corrected chi connectivity index (χ3v) is 2.53. The summed E-state index contributed by atoms with van der Waals surface area (Å²) >= 11 is 0. The second-order valence-electron chi connectivity index (χ2n) is 3.66. The molecule has 1 aromatic heterocycles. The number of amides is 1. The largest absolute Gasteiger partial charge is 0.321 e. The lowest BCUT2D eigenvalue weighted by molar-refractivity contribution is -0.112. The van der Waals surface area contributed by atoms with Gasteiger partial charge in [-0.3, -0.25) is 4.79 Å². The van der Waals surface area contributed by atoms with E-state index in [0.29, 0.717) is 11.3 Å². The smallest absolute Gasteiger partial charge is 0.251 e. The Morgan fingerprint density at radius 2 is 2.25 bits per heavy atom. The molecular weight excluding hydrogens is 209 g/mol. The van der Waals surface area contributed by atoms with Gasteiger partial charge in [-0.25, -0.2) is 4.98 Å². The Hall–Kier alpha value is -1.75. The van der Waals surface area contributed by atoms with Crippen molar-refractivity contribution in [1.82, 2.24) is 10.3 Å². The molecule has 4 nitrogen and oxygen atoms in total. The van der Waals surface area contributed by atoms with Gasteiger partial charge < -0.3 is 10.6 Å². The number of rotatable bonds is 2. The molecule has 1 amide bonds. The number of nitrogens with one attached hydrogen (secondary N) is 2. The highest BCUT2D eigenvalue weighted by Gasteiger charge is 2.15. The summed E-state index contributed by atoms with van der Waals surface area (Å²) in [5.41, 5.74) is 2.31. The van der Waals surface area contributed by atoms with Crippen LogP contribution >= 0.6 is 0 Å². The van der Waals surface area contributed by atoms with Crippen molar-refractivity contribution in [1.29, 1.82) is 0 Å². The Morgan fingerprint density at radius 1 is 1.50 bits per heavy atom. The molecule has 0 saturated carbocycles. The Morgan fingerprint density at radius 3 is 2.75 bits per heavy atom. The summed E-state index contributed by atoms with van der Waals surface area (Å²) in [5, 5.41) is 5.73. The fourth-order valence-electron chi connectivity index (χ4n) is 1.35. The summed E-state index contributed by atoms with van der Waals surface area (Å²) in [7, 11) is 0. The van der Waals surface area contributed by atoms with Crippen LogP contribution in [0.5, 0.6) is 0 Å². The van der Waals surface area contributed by atoms with Gasteiger partial charge >= 0.3 is 0 Å². The fourth-order valence-corrected chi connectivity index (χ4v) is 1.35. The molecule has 0 unspecified atom stereocenters. The molecule has 1 aliphatic rings. The van der Waals surface area contributed by atoms with E-state index in [9.17, 15) is 9.18 Å². The summed E-state index contributed by atoms with van der Waals surface area (Å²) in [6, 6.07) is 2.69. The van der Waals surface area contributed by atoms with E-state index in [-0.39, 0.29) is 5.91 Å². The minimum atomic E-state index is -0.559. The van der Waals surface area contributed by atoms with Crippen molar-refractivity contribution in [2.45, 2.75) is 6.92 Å². The molecule has 5 heteroatoms. The molecule has 16 heavy (non-hydrogen) atoms. The van der Waals surface area contributed by atoms with Crippen LogP contribution in [0.1, 0.15) is 6.92 Å². The van der Waals surface area contributed by atoms with Crippen molar-refractivity contribution in [2.75, 3.05) is 18.4 Å². The molecule has 1 saturated heterocycles. The lowest BCUT2D eigenvalue weighted by Gasteiger charge is -2.21. The quantitative estimate of drug-likeness (QED) is 0.580. The molecule has 2 N–H and O–H groups in total. The second-order valence-corrected chi connectivity index (χ2v) is 3.66. The van der Waals surface area contributed by atoms with E-state index in [1.54, 1.807) is 6.92 Å². The Bertz CT molecular complexity index is 433. The van der Waals surface area contributed by atoms with Crippen LogP contribution in [0.3, 0.4) is 0 Å². The molecular formula is C11H12FN3O. The molecule has 0 bridgehead atoms. The molecule has 0 aliphatic carbocycles. The fraction of sp³-hybridized carbons (Fsp3) is 0.273. The Balaban J connectivity index is 2.04. The van der Waals surface area contributed by atoms with Crippen molar-refractivity contribution in [3.8, 4) is 0 Å². The molecule has 2 heterocycles. The minimum absolute atomic E-state index is 0.162. The third-order valence-electron chi connectivity index (χ3n) is 2.53. The lowest BCUT2D eigenvalue weighted by Crippen LogP contribution is -2.36. The van der Waals surface area contributed by atoms with Crippen molar-refractivity contribution in [3.63, 3.8) is 0 Å². The van der Waals surface area contributed by atoms with E-state index in [0.717, 1.165) is 18.7 Å². The first kappa shape index (κ1) is 10.8. The van der Waals surface area contributed by atoms with Gasteiger partial charge in [-0.1, -0.05) is 0 Å². The third kappa shape index (κ3) is 2.25. The van der Waals surface area contributed by atoms with Crippen molar-refractivity contribution < 1.29 is 9.18 Å². The van der Waals surface area contributed by atoms with Gasteiger partial charge in [-0.15, -0.1) is 0 Å². The maximum Gasteiger partial charge on any atom is 0.251 e. The monoisotopic (exact) mass is 221 g/mol. The van der Waals surface area contributed by atoms with Crippen LogP contribution in [-0.2, 0) is 4.79 Å². The van der Waals surface area contributed by atoms with Gasteiger partial charge in [0.25, 0.3) is 5.91 Å². The highest BCUT2D eigenvalue weighted by Crippen LogP contribution is 2.12. The van der Waals surface area contributed by atoms with Crippen molar-refractivity contribution in [2.24, 2.45) is 0 Å². The first-order chi connectivity index (χ1) is 7.66. The highest BCUT2D eigenvalue weighted by molar-refractivity contribution is 6.03. The Labute approximate surface area is 92.6 Å². The molecule has 2 rings (SSSR count). The van der Waals surface area contributed by atoms with Gasteiger partial charge in [0.15, 0.2) is 0 Å². The van der Waals surface area contributed by atoms with Gasteiger partial charge in [0, 0.05) is 18.7 Å². The Kier molecular flexibility index (Phi) is 2.96. The highest BCUT2D eigenvalue weighted by atomic mass is 19.1. The van der Waals surface area contributed by atoms with Gasteiger partial charge in [-0.2, -0.15) is 4.39 Å². The van der Waals surface area contributed by atoms with E-state index in [2.05, 4.69) is 15.6 Å². The van der Waals surface area contributed by atoms with E-state index in [1.165, 1.54) is 18.3 Å². The SMILES string of the molecule is CC(C(=O)Nc1ccc(F)nc1)=C1CNC1. The lowest BCUT2D eigenvalue weighted by atomic mass is 10.0. The number of aromatic nitrogens is 1. The number of hydrogen-bond acceptors (Lipinski definition) is 3. The van der Waals surface area contributed by atoms with Crippen LogP contribution < -0.4 is 10.6 Å². The maximum atomic E-state index is 12.5. The van der Waals surface area contributed by atoms with Gasteiger partial charge in [0.1, 0.15) is 0 Å². The van der Waals surface area contributed by atoms with Crippen LogP contribution in [0.4, 0.5) is 10.1 Å². The van der Waals surface area contributed by atoms with E-state index in [1.807, 2.05) is 0 Å². The maximum absolute atomic E-state index is 12.5. The summed E-state index contributed by atoms with van der Waals surface area (Å²) in [4.78, 5) is 15.2. The van der Waals surface area contributed by atoms with Gasteiger partial charge in [0.2, 0.25) is 5.95 Å². The van der Waals surface area contributed by atoms with Crippen LogP contribution in [0.2, 0.25) is 0 Å². The molecule has 84 valence electrons. The predicted octanol–water partition coefficient (Wildman–Crippen LogP) is 1.08. The average Bonchev–Trinajstić information content (AvgIpc) is 2.19. The van der Waals surface area contributed by atoms with E-state index in [4.69, 9.17) is 0 Å². The average molecular weight is 221 g/mol. The molecule has 0 aromatic carbocycles. The number of pyridine rings is 1. The van der Waals surface area contributed by atoms with E-state index < -0.39 is 5.95 Å². The molecule has 1 fully saturated rings. The number of anilines is 1. The minimum Gasteiger partial charge on any atom is -0.321 e. The summed E-state index contributed by atoms with van der Waals surface area (Å²) < 4.78 is 12.5. The molecule has 0 atom stereocenters. The number of nitrogens with zero attached hydrogens (tertiary/aromatic N) is 1. The summed E-state index contributed by atoms with van der Waals surface area (Å²) in [6.07, 6.45) is 1.30. The van der Waals surface area contributed by atoms with Crippen LogP contribution in [0, 0.1) is 5.95 Å².